The molecule has 0 radical (unpaired) electrons. The van der Waals surface area contributed by atoms with Crippen molar-refractivity contribution in [1.82, 2.24) is 24.7 Å². The highest BCUT2D eigenvalue weighted by molar-refractivity contribution is 7.99. The smallest absolute Gasteiger partial charge is 0.256 e. The molecule has 2 aromatic rings. The van der Waals surface area contributed by atoms with Crippen molar-refractivity contribution in [2.75, 3.05) is 24.9 Å². The number of nitrogens with one attached hydrogen (secondary N) is 1. The second-order valence-corrected chi connectivity index (χ2v) is 4.59. The largest absolute Gasteiger partial charge is 0.385 e. The zero-order chi connectivity index (χ0) is 13.5. The van der Waals surface area contributed by atoms with Crippen LogP contribution in [0.5, 0.6) is 0 Å². The third kappa shape index (κ3) is 3.88. The van der Waals surface area contributed by atoms with Crippen molar-refractivity contribution in [3.63, 3.8) is 0 Å². The molecule has 0 aliphatic carbocycles. The van der Waals surface area contributed by atoms with E-state index in [4.69, 9.17) is 10.6 Å². The van der Waals surface area contributed by atoms with E-state index in [0.29, 0.717) is 23.7 Å². The van der Waals surface area contributed by atoms with Crippen LogP contribution < -0.4 is 11.3 Å². The van der Waals surface area contributed by atoms with Gasteiger partial charge in [0.05, 0.1) is 0 Å². The lowest BCUT2D eigenvalue weighted by molar-refractivity contribution is 0.200. The molecule has 3 N–H and O–H groups in total. The summed E-state index contributed by atoms with van der Waals surface area (Å²) in [5, 5.41) is 4.68. The number of nitrogens with two attached hydrogens (primary N) is 1. The zero-order valence-corrected chi connectivity index (χ0v) is 11.3. The number of hydrogen-bond donors (Lipinski definition) is 2. The van der Waals surface area contributed by atoms with Gasteiger partial charge in [-0.25, -0.2) is 10.5 Å². The quantitative estimate of drug-likeness (QED) is 0.327. The monoisotopic (exact) mass is 281 g/mol. The number of thioether (sulfide) groups is 1. The van der Waals surface area contributed by atoms with Crippen molar-refractivity contribution in [1.29, 1.82) is 0 Å². The average Bonchev–Trinajstić information content (AvgIpc) is 2.97. The molecule has 2 aromatic heterocycles. The minimum absolute atomic E-state index is 0.315. The predicted molar refractivity (Wildman–Crippen MR) is 72.0 cm³/mol. The Morgan fingerprint density at radius 2 is 2.32 bits per heavy atom. The average molecular weight is 281 g/mol. The molecule has 0 aromatic carbocycles. The van der Waals surface area contributed by atoms with Gasteiger partial charge in [0.2, 0.25) is 5.95 Å². The maximum atomic E-state index is 5.36. The van der Waals surface area contributed by atoms with Crippen LogP contribution in [0.25, 0.3) is 5.95 Å². The van der Waals surface area contributed by atoms with E-state index in [1.165, 1.54) is 11.8 Å². The molecule has 9 heteroatoms. The fourth-order valence-corrected chi connectivity index (χ4v) is 2.07. The Kier molecular flexibility index (Phi) is 5.07. The molecule has 0 amide bonds. The summed E-state index contributed by atoms with van der Waals surface area (Å²) in [5.41, 5.74) is 2.43. The van der Waals surface area contributed by atoms with Crippen LogP contribution in [-0.4, -0.2) is 44.2 Å². The van der Waals surface area contributed by atoms with E-state index in [-0.39, 0.29) is 0 Å². The van der Waals surface area contributed by atoms with Crippen molar-refractivity contribution in [3.8, 4) is 5.95 Å². The van der Waals surface area contributed by atoms with E-state index >= 15 is 0 Å². The van der Waals surface area contributed by atoms with E-state index in [1.807, 2.05) is 0 Å². The Hall–Kier alpha value is -1.71. The minimum atomic E-state index is 0.315. The fraction of sp³-hybridized carbons (Fsp3) is 0.400. The SMILES string of the molecule is COCCCSc1nc(NN)nc(-n2cccn2)n1. The first-order valence-corrected chi connectivity index (χ1v) is 6.66. The molecule has 0 bridgehead atoms. The number of hydrazine groups is 1. The van der Waals surface area contributed by atoms with Gasteiger partial charge in [-0.05, 0) is 12.5 Å². The molecule has 19 heavy (non-hydrogen) atoms. The van der Waals surface area contributed by atoms with Gasteiger partial charge in [-0.1, -0.05) is 11.8 Å². The first-order valence-electron chi connectivity index (χ1n) is 5.68. The first kappa shape index (κ1) is 13.7. The third-order valence-corrected chi connectivity index (χ3v) is 3.10. The molecule has 0 unspecified atom stereocenters. The van der Waals surface area contributed by atoms with E-state index in [2.05, 4.69) is 25.5 Å². The molecule has 0 saturated heterocycles. The van der Waals surface area contributed by atoms with Gasteiger partial charge in [0, 0.05) is 31.9 Å². The minimum Gasteiger partial charge on any atom is -0.385 e. The highest BCUT2D eigenvalue weighted by Crippen LogP contribution is 2.16. The van der Waals surface area contributed by atoms with Gasteiger partial charge in [0.15, 0.2) is 5.16 Å². The Labute approximate surface area is 114 Å². The van der Waals surface area contributed by atoms with Gasteiger partial charge in [-0.2, -0.15) is 20.1 Å². The molecule has 0 saturated carbocycles. The molecule has 0 aliphatic heterocycles. The molecule has 0 aliphatic rings. The van der Waals surface area contributed by atoms with E-state index in [9.17, 15) is 0 Å². The fourth-order valence-electron chi connectivity index (χ4n) is 1.33. The van der Waals surface area contributed by atoms with Crippen LogP contribution in [0, 0.1) is 0 Å². The molecule has 0 fully saturated rings. The number of ether oxygens (including phenoxy) is 1. The number of nitrogens with zero attached hydrogens (tertiary/aromatic N) is 5. The Morgan fingerprint density at radius 1 is 1.42 bits per heavy atom. The molecule has 2 rings (SSSR count). The summed E-state index contributed by atoms with van der Waals surface area (Å²) in [6.45, 7) is 0.714. The van der Waals surface area contributed by atoms with Gasteiger partial charge >= 0.3 is 0 Å². The summed E-state index contributed by atoms with van der Waals surface area (Å²) in [4.78, 5) is 12.7. The second-order valence-electron chi connectivity index (χ2n) is 3.53. The maximum absolute atomic E-state index is 5.36. The number of aromatic nitrogens is 5. The Balaban J connectivity index is 2.12. The summed E-state index contributed by atoms with van der Waals surface area (Å²) in [6, 6.07) is 1.80. The van der Waals surface area contributed by atoms with Gasteiger partial charge in [0.1, 0.15) is 0 Å². The lowest BCUT2D eigenvalue weighted by Gasteiger charge is -2.06. The van der Waals surface area contributed by atoms with Gasteiger partial charge < -0.3 is 4.74 Å². The number of anilines is 1. The molecule has 8 nitrogen and oxygen atoms in total. The molecule has 2 heterocycles. The molecule has 102 valence electrons. The number of nitrogen functional groups attached to an aromatic ring is 1. The zero-order valence-electron chi connectivity index (χ0n) is 10.5. The standard InChI is InChI=1S/C10H15N7OS/c1-18-6-3-7-19-10-14-8(16-11)13-9(15-10)17-5-2-4-12-17/h2,4-5H,3,6-7,11H2,1H3,(H,13,14,15,16). The number of rotatable bonds is 7. The maximum Gasteiger partial charge on any atom is 0.256 e. The van der Waals surface area contributed by atoms with Crippen LogP contribution >= 0.6 is 11.8 Å². The van der Waals surface area contributed by atoms with Crippen LogP contribution in [0.1, 0.15) is 6.42 Å². The van der Waals surface area contributed by atoms with Crippen LogP contribution in [0.4, 0.5) is 5.95 Å². The predicted octanol–water partition coefficient (Wildman–Crippen LogP) is 0.471. The molecular formula is C10H15N7OS. The summed E-state index contributed by atoms with van der Waals surface area (Å²) in [7, 11) is 1.68. The molecular weight excluding hydrogens is 266 g/mol. The second kappa shape index (κ2) is 7.02. The van der Waals surface area contributed by atoms with E-state index < -0.39 is 0 Å². The van der Waals surface area contributed by atoms with Crippen LogP contribution in [0.15, 0.2) is 23.6 Å². The van der Waals surface area contributed by atoms with E-state index in [0.717, 1.165) is 12.2 Å². The van der Waals surface area contributed by atoms with Crippen LogP contribution in [0.2, 0.25) is 0 Å². The summed E-state index contributed by atoms with van der Waals surface area (Å²) >= 11 is 1.52. The molecule has 0 spiro atoms. The summed E-state index contributed by atoms with van der Waals surface area (Å²) in [6.07, 6.45) is 4.34. The van der Waals surface area contributed by atoms with Crippen LogP contribution in [-0.2, 0) is 4.74 Å². The van der Waals surface area contributed by atoms with Crippen LogP contribution in [0.3, 0.4) is 0 Å². The van der Waals surface area contributed by atoms with Gasteiger partial charge in [0.25, 0.3) is 5.95 Å². The Bertz CT molecular complexity index is 505. The van der Waals surface area contributed by atoms with Gasteiger partial charge in [-0.15, -0.1) is 0 Å². The van der Waals surface area contributed by atoms with E-state index in [1.54, 1.807) is 30.3 Å². The summed E-state index contributed by atoms with van der Waals surface area (Å²) in [5.74, 6) is 6.96. The third-order valence-electron chi connectivity index (χ3n) is 2.17. The number of hydrogen-bond acceptors (Lipinski definition) is 8. The Morgan fingerprint density at radius 3 is 3.00 bits per heavy atom. The first-order chi connectivity index (χ1) is 9.33. The van der Waals surface area contributed by atoms with Crippen molar-refractivity contribution >= 4 is 17.7 Å². The van der Waals surface area contributed by atoms with Crippen molar-refractivity contribution in [2.24, 2.45) is 5.84 Å². The highest BCUT2D eigenvalue weighted by Gasteiger charge is 2.08. The molecule has 0 atom stereocenters. The normalized spacial score (nSPS) is 10.6. The number of methoxy groups -OCH3 is 1. The van der Waals surface area contributed by atoms with Crippen molar-refractivity contribution < 1.29 is 4.74 Å². The van der Waals surface area contributed by atoms with Gasteiger partial charge in [-0.3, -0.25) is 5.43 Å². The topological polar surface area (TPSA) is 104 Å². The lowest BCUT2D eigenvalue weighted by atomic mass is 10.5. The highest BCUT2D eigenvalue weighted by atomic mass is 32.2. The summed E-state index contributed by atoms with van der Waals surface area (Å²) < 4.78 is 6.55. The lowest BCUT2D eigenvalue weighted by Crippen LogP contribution is -2.14. The van der Waals surface area contributed by atoms with Crippen molar-refractivity contribution in [2.45, 2.75) is 11.6 Å². The van der Waals surface area contributed by atoms with Crippen molar-refractivity contribution in [3.05, 3.63) is 18.5 Å².